The lowest BCUT2D eigenvalue weighted by molar-refractivity contribution is -0.136. The Hall–Kier alpha value is -2.37. The summed E-state index contributed by atoms with van der Waals surface area (Å²) in [4.78, 5) is 42.4. The van der Waals surface area contributed by atoms with Gasteiger partial charge in [-0.05, 0) is 57.1 Å². The van der Waals surface area contributed by atoms with E-state index >= 15 is 0 Å². The third-order valence-corrected chi connectivity index (χ3v) is 5.99. The minimum absolute atomic E-state index is 0.0150. The molecule has 31 heavy (non-hydrogen) atoms. The minimum atomic E-state index is -0.575. The molecule has 0 saturated carbocycles. The Morgan fingerprint density at radius 2 is 1.61 bits per heavy atom. The number of piperidine rings is 1. The second-order valence-electron chi connectivity index (χ2n) is 9.78. The fraction of sp³-hybridized carbons (Fsp3) is 0.640. The lowest BCUT2D eigenvalue weighted by Gasteiger charge is -2.38. The molecular formula is C25H39N3O3. The highest BCUT2D eigenvalue weighted by atomic mass is 16.2. The average Bonchev–Trinajstić information content (AvgIpc) is 2.72. The van der Waals surface area contributed by atoms with E-state index in [0.717, 1.165) is 5.56 Å². The summed E-state index contributed by atoms with van der Waals surface area (Å²) in [7, 11) is 0. The number of nitrogens with zero attached hydrogens (tertiary/aromatic N) is 2. The topological polar surface area (TPSA) is 69.7 Å². The second-order valence-corrected chi connectivity index (χ2v) is 9.78. The number of carbonyl (C=O) groups excluding carboxylic acids is 3. The summed E-state index contributed by atoms with van der Waals surface area (Å²) in [5, 5.41) is 3.02. The Balaban J connectivity index is 2.12. The van der Waals surface area contributed by atoms with Gasteiger partial charge in [-0.15, -0.1) is 0 Å². The van der Waals surface area contributed by atoms with E-state index in [4.69, 9.17) is 0 Å². The maximum absolute atomic E-state index is 13.3. The number of likely N-dealkylation sites (tertiary alicyclic amines) is 1. The SMILES string of the molecule is CCN(CC)C(=O)[C@@H](NC(=O)c1ccc(C)cc1)C1CCN(C(=O)CC(C)(C)C)CC1. The van der Waals surface area contributed by atoms with Gasteiger partial charge in [0.1, 0.15) is 6.04 Å². The Bertz CT molecular complexity index is 755. The fourth-order valence-electron chi connectivity index (χ4n) is 4.09. The van der Waals surface area contributed by atoms with Crippen molar-refractivity contribution in [2.45, 2.75) is 66.8 Å². The highest BCUT2D eigenvalue weighted by Crippen LogP contribution is 2.26. The van der Waals surface area contributed by atoms with Gasteiger partial charge in [-0.1, -0.05) is 38.5 Å². The van der Waals surface area contributed by atoms with Crippen LogP contribution in [0.1, 0.15) is 69.8 Å². The summed E-state index contributed by atoms with van der Waals surface area (Å²) in [5.41, 5.74) is 1.59. The summed E-state index contributed by atoms with van der Waals surface area (Å²) in [5.74, 6) is -0.0795. The minimum Gasteiger partial charge on any atom is -0.343 e. The Morgan fingerprint density at radius 3 is 2.10 bits per heavy atom. The maximum Gasteiger partial charge on any atom is 0.251 e. The van der Waals surface area contributed by atoms with Crippen molar-refractivity contribution in [2.75, 3.05) is 26.2 Å². The number of hydrogen-bond acceptors (Lipinski definition) is 3. The molecule has 6 nitrogen and oxygen atoms in total. The predicted molar refractivity (Wildman–Crippen MR) is 124 cm³/mol. The normalized spacial score (nSPS) is 16.0. The van der Waals surface area contributed by atoms with Crippen LogP contribution in [-0.2, 0) is 9.59 Å². The second kappa shape index (κ2) is 10.8. The summed E-state index contributed by atoms with van der Waals surface area (Å²) in [6.07, 6.45) is 1.94. The number of rotatable bonds is 7. The molecule has 0 bridgehead atoms. The van der Waals surface area contributed by atoms with Crippen molar-refractivity contribution in [3.05, 3.63) is 35.4 Å². The van der Waals surface area contributed by atoms with Gasteiger partial charge < -0.3 is 15.1 Å². The van der Waals surface area contributed by atoms with Gasteiger partial charge in [-0.2, -0.15) is 0 Å². The molecule has 1 aromatic rings. The number of nitrogens with one attached hydrogen (secondary N) is 1. The van der Waals surface area contributed by atoms with E-state index < -0.39 is 6.04 Å². The Morgan fingerprint density at radius 1 is 1.06 bits per heavy atom. The summed E-state index contributed by atoms with van der Waals surface area (Å²) >= 11 is 0. The van der Waals surface area contributed by atoms with E-state index in [1.54, 1.807) is 17.0 Å². The number of carbonyl (C=O) groups is 3. The van der Waals surface area contributed by atoms with Crippen LogP contribution in [0.25, 0.3) is 0 Å². The van der Waals surface area contributed by atoms with E-state index in [1.165, 1.54) is 0 Å². The van der Waals surface area contributed by atoms with Crippen LogP contribution in [0.5, 0.6) is 0 Å². The molecule has 6 heteroatoms. The molecule has 3 amide bonds. The number of aryl methyl sites for hydroxylation is 1. The number of hydrogen-bond donors (Lipinski definition) is 1. The van der Waals surface area contributed by atoms with Gasteiger partial charge in [0, 0.05) is 38.2 Å². The molecule has 1 N–H and O–H groups in total. The average molecular weight is 430 g/mol. The zero-order valence-corrected chi connectivity index (χ0v) is 20.0. The monoisotopic (exact) mass is 429 g/mol. The fourth-order valence-corrected chi connectivity index (χ4v) is 4.09. The molecule has 1 aliphatic heterocycles. The molecule has 1 aromatic carbocycles. The Kier molecular flexibility index (Phi) is 8.66. The smallest absolute Gasteiger partial charge is 0.251 e. The largest absolute Gasteiger partial charge is 0.343 e. The number of benzene rings is 1. The standard InChI is InChI=1S/C25H39N3O3/c1-7-27(8-2)24(31)22(26-23(30)20-11-9-18(3)10-12-20)19-13-15-28(16-14-19)21(29)17-25(4,5)6/h9-12,19,22H,7-8,13-17H2,1-6H3,(H,26,30)/t22-/m0/s1. The van der Waals surface area contributed by atoms with Crippen molar-refractivity contribution in [2.24, 2.45) is 11.3 Å². The number of likely N-dealkylation sites (N-methyl/N-ethyl adjacent to an activating group) is 1. The number of amides is 3. The zero-order valence-electron chi connectivity index (χ0n) is 20.0. The third kappa shape index (κ3) is 7.08. The van der Waals surface area contributed by atoms with Gasteiger partial charge in [0.25, 0.3) is 5.91 Å². The van der Waals surface area contributed by atoms with Gasteiger partial charge in [-0.3, -0.25) is 14.4 Å². The quantitative estimate of drug-likeness (QED) is 0.719. The van der Waals surface area contributed by atoms with Crippen LogP contribution in [-0.4, -0.2) is 59.7 Å². The predicted octanol–water partition coefficient (Wildman–Crippen LogP) is 3.64. The highest BCUT2D eigenvalue weighted by molar-refractivity contribution is 5.97. The van der Waals surface area contributed by atoms with Crippen LogP contribution in [0, 0.1) is 18.3 Å². The molecule has 172 valence electrons. The molecule has 1 aliphatic rings. The first kappa shape index (κ1) is 24.9. The summed E-state index contributed by atoms with van der Waals surface area (Å²) < 4.78 is 0. The van der Waals surface area contributed by atoms with Crippen LogP contribution >= 0.6 is 0 Å². The van der Waals surface area contributed by atoms with Crippen molar-refractivity contribution in [3.63, 3.8) is 0 Å². The third-order valence-electron chi connectivity index (χ3n) is 5.99. The molecule has 0 aliphatic carbocycles. The van der Waals surface area contributed by atoms with Gasteiger partial charge in [0.2, 0.25) is 11.8 Å². The van der Waals surface area contributed by atoms with E-state index in [1.807, 2.05) is 37.8 Å². The lowest BCUT2D eigenvalue weighted by atomic mass is 9.86. The molecule has 0 unspecified atom stereocenters. The van der Waals surface area contributed by atoms with Crippen LogP contribution in [0.4, 0.5) is 0 Å². The first-order valence-electron chi connectivity index (χ1n) is 11.5. The molecular weight excluding hydrogens is 390 g/mol. The van der Waals surface area contributed by atoms with Gasteiger partial charge >= 0.3 is 0 Å². The lowest BCUT2D eigenvalue weighted by Crippen LogP contribution is -2.54. The Labute approximate surface area is 187 Å². The first-order chi connectivity index (χ1) is 14.6. The molecule has 1 fully saturated rings. The van der Waals surface area contributed by atoms with Crippen molar-refractivity contribution < 1.29 is 14.4 Å². The molecule has 1 heterocycles. The molecule has 1 atom stereocenters. The molecule has 0 aromatic heterocycles. The van der Waals surface area contributed by atoms with Gasteiger partial charge in [0.05, 0.1) is 0 Å². The van der Waals surface area contributed by atoms with E-state index in [-0.39, 0.29) is 29.1 Å². The zero-order chi connectivity index (χ0) is 23.2. The molecule has 0 radical (unpaired) electrons. The van der Waals surface area contributed by atoms with Crippen molar-refractivity contribution in [1.29, 1.82) is 0 Å². The van der Waals surface area contributed by atoms with E-state index in [2.05, 4.69) is 26.1 Å². The van der Waals surface area contributed by atoms with Crippen LogP contribution in [0.15, 0.2) is 24.3 Å². The first-order valence-corrected chi connectivity index (χ1v) is 11.5. The van der Waals surface area contributed by atoms with Crippen LogP contribution in [0.3, 0.4) is 0 Å². The van der Waals surface area contributed by atoms with Crippen molar-refractivity contribution >= 4 is 17.7 Å². The molecule has 1 saturated heterocycles. The van der Waals surface area contributed by atoms with E-state index in [0.29, 0.717) is 51.0 Å². The highest BCUT2D eigenvalue weighted by Gasteiger charge is 2.36. The van der Waals surface area contributed by atoms with Gasteiger partial charge in [-0.25, -0.2) is 0 Å². The van der Waals surface area contributed by atoms with Crippen molar-refractivity contribution in [1.82, 2.24) is 15.1 Å². The van der Waals surface area contributed by atoms with Gasteiger partial charge in [0.15, 0.2) is 0 Å². The van der Waals surface area contributed by atoms with Crippen molar-refractivity contribution in [3.8, 4) is 0 Å². The summed E-state index contributed by atoms with van der Waals surface area (Å²) in [6.45, 7) is 14.5. The molecule has 2 rings (SSSR count). The maximum atomic E-state index is 13.3. The summed E-state index contributed by atoms with van der Waals surface area (Å²) in [6, 6.07) is 6.80. The molecule has 0 spiro atoms. The van der Waals surface area contributed by atoms with E-state index in [9.17, 15) is 14.4 Å². The van der Waals surface area contributed by atoms with Crippen LogP contribution < -0.4 is 5.32 Å². The van der Waals surface area contributed by atoms with Crippen LogP contribution in [0.2, 0.25) is 0 Å².